The number of amides is 1. The van der Waals surface area contributed by atoms with Crippen LogP contribution in [0.25, 0.3) is 11.0 Å². The summed E-state index contributed by atoms with van der Waals surface area (Å²) in [5, 5.41) is 12.4. The summed E-state index contributed by atoms with van der Waals surface area (Å²) >= 11 is 0. The molecule has 1 atom stereocenters. The van der Waals surface area contributed by atoms with Crippen LogP contribution in [0.2, 0.25) is 0 Å². The topological polar surface area (TPSA) is 106 Å². The number of hydrogen-bond donors (Lipinski definition) is 2. The Morgan fingerprint density at radius 1 is 1.35 bits per heavy atom. The largest absolute Gasteiger partial charge is 0.496 e. The van der Waals surface area contributed by atoms with E-state index < -0.39 is 23.5 Å². The van der Waals surface area contributed by atoms with E-state index in [0.29, 0.717) is 40.7 Å². The lowest BCUT2D eigenvalue weighted by Gasteiger charge is -2.15. The maximum Gasteiger partial charge on any atom is 0.336 e. The molecule has 0 aliphatic heterocycles. The van der Waals surface area contributed by atoms with Crippen molar-refractivity contribution in [2.24, 2.45) is 0 Å². The summed E-state index contributed by atoms with van der Waals surface area (Å²) in [5.41, 5.74) is 0.938. The summed E-state index contributed by atoms with van der Waals surface area (Å²) < 4.78 is 10.5. The molecular weight excluding hydrogens is 338 g/mol. The smallest absolute Gasteiger partial charge is 0.336 e. The van der Waals surface area contributed by atoms with Crippen LogP contribution in [-0.2, 0) is 16.0 Å². The summed E-state index contributed by atoms with van der Waals surface area (Å²) in [6, 6.07) is 3.78. The molecule has 2 aromatic rings. The molecule has 7 heteroatoms. The predicted molar refractivity (Wildman–Crippen MR) is 96.6 cm³/mol. The summed E-state index contributed by atoms with van der Waals surface area (Å²) in [6.45, 7) is 3.71. The first-order chi connectivity index (χ1) is 12.4. The van der Waals surface area contributed by atoms with Gasteiger partial charge in [0.15, 0.2) is 0 Å². The van der Waals surface area contributed by atoms with Gasteiger partial charge in [0.25, 0.3) is 0 Å². The van der Waals surface area contributed by atoms with Gasteiger partial charge in [-0.1, -0.05) is 19.8 Å². The molecule has 1 aromatic carbocycles. The molecule has 1 unspecified atom stereocenters. The molecule has 7 nitrogen and oxygen atoms in total. The third-order valence-corrected chi connectivity index (χ3v) is 4.25. The molecule has 0 spiro atoms. The SMILES string of the molecule is CCCCC(NC(=O)Cc1cc(=O)oc2c(C)c(OC)ccc12)C(=O)O. The molecule has 1 heterocycles. The molecule has 1 aromatic heterocycles. The van der Waals surface area contributed by atoms with Gasteiger partial charge in [0, 0.05) is 17.0 Å². The highest BCUT2D eigenvalue weighted by Gasteiger charge is 2.20. The fourth-order valence-electron chi connectivity index (χ4n) is 2.86. The molecule has 2 N–H and O–H groups in total. The number of carbonyl (C=O) groups excluding carboxylic acids is 1. The zero-order valence-electron chi connectivity index (χ0n) is 15.1. The Hall–Kier alpha value is -2.83. The fourth-order valence-corrected chi connectivity index (χ4v) is 2.86. The van der Waals surface area contributed by atoms with Gasteiger partial charge in [0.05, 0.1) is 13.5 Å². The number of aryl methyl sites for hydroxylation is 1. The van der Waals surface area contributed by atoms with Gasteiger partial charge in [-0.05, 0) is 31.0 Å². The Bertz CT molecular complexity index is 870. The van der Waals surface area contributed by atoms with Crippen molar-refractivity contribution in [3.8, 4) is 5.75 Å². The molecule has 2 rings (SSSR count). The number of nitrogens with one attached hydrogen (secondary N) is 1. The molecule has 1 amide bonds. The number of carbonyl (C=O) groups is 2. The first-order valence-electron chi connectivity index (χ1n) is 8.49. The van der Waals surface area contributed by atoms with Crippen molar-refractivity contribution in [1.82, 2.24) is 5.32 Å². The van der Waals surface area contributed by atoms with Crippen LogP contribution in [-0.4, -0.2) is 30.1 Å². The number of carboxylic acid groups (broad SMARTS) is 1. The van der Waals surface area contributed by atoms with E-state index in [1.54, 1.807) is 19.1 Å². The second kappa shape index (κ2) is 8.51. The van der Waals surface area contributed by atoms with E-state index >= 15 is 0 Å². The fraction of sp³-hybridized carbons (Fsp3) is 0.421. The van der Waals surface area contributed by atoms with E-state index in [2.05, 4.69) is 5.32 Å². The number of unbranched alkanes of at least 4 members (excludes halogenated alkanes) is 1. The molecule has 0 bridgehead atoms. The van der Waals surface area contributed by atoms with Crippen molar-refractivity contribution >= 4 is 22.8 Å². The first kappa shape index (κ1) is 19.5. The molecule has 0 aliphatic rings. The highest BCUT2D eigenvalue weighted by Crippen LogP contribution is 2.28. The first-order valence-corrected chi connectivity index (χ1v) is 8.49. The van der Waals surface area contributed by atoms with Crippen molar-refractivity contribution in [3.63, 3.8) is 0 Å². The lowest BCUT2D eigenvalue weighted by atomic mass is 10.0. The Labute approximate surface area is 151 Å². The second-order valence-electron chi connectivity index (χ2n) is 6.14. The summed E-state index contributed by atoms with van der Waals surface area (Å²) in [6.07, 6.45) is 1.80. The molecule has 140 valence electrons. The lowest BCUT2D eigenvalue weighted by Crippen LogP contribution is -2.41. The number of benzene rings is 1. The van der Waals surface area contributed by atoms with Gasteiger partial charge in [-0.2, -0.15) is 0 Å². The average molecular weight is 361 g/mol. The van der Waals surface area contributed by atoms with E-state index in [-0.39, 0.29) is 6.42 Å². The third-order valence-electron chi connectivity index (χ3n) is 4.25. The number of hydrogen-bond acceptors (Lipinski definition) is 5. The Balaban J connectivity index is 2.30. The Morgan fingerprint density at radius 3 is 2.69 bits per heavy atom. The maximum atomic E-state index is 12.3. The van der Waals surface area contributed by atoms with E-state index in [4.69, 9.17) is 9.15 Å². The van der Waals surface area contributed by atoms with Crippen LogP contribution in [0.1, 0.15) is 37.3 Å². The Kier molecular flexibility index (Phi) is 6.38. The molecule has 0 radical (unpaired) electrons. The second-order valence-corrected chi connectivity index (χ2v) is 6.14. The van der Waals surface area contributed by atoms with Gasteiger partial charge in [-0.3, -0.25) is 4.79 Å². The highest BCUT2D eigenvalue weighted by molar-refractivity contribution is 5.91. The van der Waals surface area contributed by atoms with Gasteiger partial charge >= 0.3 is 11.6 Å². The van der Waals surface area contributed by atoms with Crippen LogP contribution in [0.4, 0.5) is 0 Å². The minimum Gasteiger partial charge on any atom is -0.496 e. The minimum atomic E-state index is -1.06. The van der Waals surface area contributed by atoms with Crippen LogP contribution < -0.4 is 15.7 Å². The molecule has 0 fully saturated rings. The summed E-state index contributed by atoms with van der Waals surface area (Å²) in [4.78, 5) is 35.5. The predicted octanol–water partition coefficient (Wildman–Crippen LogP) is 2.41. The zero-order valence-corrected chi connectivity index (χ0v) is 15.1. The van der Waals surface area contributed by atoms with Crippen LogP contribution in [0, 0.1) is 6.92 Å². The normalized spacial score (nSPS) is 12.0. The minimum absolute atomic E-state index is 0.107. The zero-order chi connectivity index (χ0) is 19.3. The number of rotatable bonds is 8. The number of aliphatic carboxylic acids is 1. The quantitative estimate of drug-likeness (QED) is 0.700. The number of methoxy groups -OCH3 is 1. The van der Waals surface area contributed by atoms with Gasteiger partial charge < -0.3 is 19.6 Å². The van der Waals surface area contributed by atoms with Gasteiger partial charge in [0.2, 0.25) is 5.91 Å². The van der Waals surface area contributed by atoms with Gasteiger partial charge in [-0.15, -0.1) is 0 Å². The van der Waals surface area contributed by atoms with E-state index in [9.17, 15) is 19.5 Å². The third kappa shape index (κ3) is 4.41. The van der Waals surface area contributed by atoms with Crippen LogP contribution in [0.5, 0.6) is 5.75 Å². The van der Waals surface area contributed by atoms with Crippen molar-refractivity contribution in [3.05, 3.63) is 39.7 Å². The average Bonchev–Trinajstić information content (AvgIpc) is 2.59. The van der Waals surface area contributed by atoms with Crippen LogP contribution >= 0.6 is 0 Å². The van der Waals surface area contributed by atoms with Gasteiger partial charge in [0.1, 0.15) is 17.4 Å². The van der Waals surface area contributed by atoms with Crippen LogP contribution in [0.3, 0.4) is 0 Å². The number of ether oxygens (including phenoxy) is 1. The summed E-state index contributed by atoms with van der Waals surface area (Å²) in [5.74, 6) is -0.938. The van der Waals surface area contributed by atoms with Crippen molar-refractivity contribution in [2.45, 2.75) is 45.6 Å². The lowest BCUT2D eigenvalue weighted by molar-refractivity contribution is -0.141. The highest BCUT2D eigenvalue weighted by atomic mass is 16.5. The summed E-state index contributed by atoms with van der Waals surface area (Å²) in [7, 11) is 1.52. The van der Waals surface area contributed by atoms with Crippen molar-refractivity contribution in [1.29, 1.82) is 0 Å². The molecular formula is C19H23NO6. The van der Waals surface area contributed by atoms with E-state index in [0.717, 1.165) is 6.42 Å². The molecule has 0 aliphatic carbocycles. The molecule has 0 saturated carbocycles. The Morgan fingerprint density at radius 2 is 2.08 bits per heavy atom. The maximum absolute atomic E-state index is 12.3. The van der Waals surface area contributed by atoms with Crippen molar-refractivity contribution in [2.75, 3.05) is 7.11 Å². The standard InChI is InChI=1S/C19H23NO6/c1-4-5-6-14(19(23)24)20-16(21)9-12-10-17(22)26-18-11(2)15(25-3)8-7-13(12)18/h7-8,10,14H,4-6,9H2,1-3H3,(H,20,21)(H,23,24). The molecule has 26 heavy (non-hydrogen) atoms. The molecule has 0 saturated heterocycles. The number of fused-ring (bicyclic) bond motifs is 1. The van der Waals surface area contributed by atoms with E-state index in [1.807, 2.05) is 6.92 Å². The van der Waals surface area contributed by atoms with Crippen molar-refractivity contribution < 1.29 is 23.8 Å². The number of carboxylic acids is 1. The van der Waals surface area contributed by atoms with E-state index in [1.165, 1.54) is 13.2 Å². The van der Waals surface area contributed by atoms with Crippen LogP contribution in [0.15, 0.2) is 27.4 Å². The van der Waals surface area contributed by atoms with Gasteiger partial charge in [-0.25, -0.2) is 9.59 Å². The monoisotopic (exact) mass is 361 g/mol.